The zero-order chi connectivity index (χ0) is 15.1. The molecule has 1 aliphatic rings. The number of rotatable bonds is 7. The van der Waals surface area contributed by atoms with Crippen molar-refractivity contribution >= 4 is 0 Å². The van der Waals surface area contributed by atoms with Gasteiger partial charge in [0.15, 0.2) is 0 Å². The maximum atomic E-state index is 10.0. The van der Waals surface area contributed by atoms with Gasteiger partial charge in [-0.25, -0.2) is 0 Å². The van der Waals surface area contributed by atoms with Crippen LogP contribution >= 0.6 is 0 Å². The summed E-state index contributed by atoms with van der Waals surface area (Å²) in [5.74, 6) is 0. The van der Waals surface area contributed by atoms with E-state index in [2.05, 4.69) is 36.5 Å². The van der Waals surface area contributed by atoms with E-state index in [1.54, 1.807) is 0 Å². The molecule has 1 unspecified atom stereocenters. The van der Waals surface area contributed by atoms with E-state index in [1.165, 1.54) is 18.4 Å². The molecule has 3 atom stereocenters. The summed E-state index contributed by atoms with van der Waals surface area (Å²) >= 11 is 0. The number of nitrogens with one attached hydrogen (secondary N) is 1. The third kappa shape index (κ3) is 4.06. The Bertz CT molecular complexity index is 409. The molecule has 0 heterocycles. The summed E-state index contributed by atoms with van der Waals surface area (Å²) in [5, 5.41) is 22.9. The van der Waals surface area contributed by atoms with Gasteiger partial charge in [0.05, 0.1) is 6.61 Å². The maximum Gasteiger partial charge on any atom is 0.0502 e. The highest BCUT2D eigenvalue weighted by molar-refractivity contribution is 5.18. The molecule has 21 heavy (non-hydrogen) atoms. The number of aliphatic hydroxyl groups is 2. The summed E-state index contributed by atoms with van der Waals surface area (Å²) in [6.45, 7) is 2.62. The molecule has 118 valence electrons. The average Bonchev–Trinajstić information content (AvgIpc) is 2.55. The van der Waals surface area contributed by atoms with E-state index in [9.17, 15) is 5.11 Å². The smallest absolute Gasteiger partial charge is 0.0502 e. The number of aliphatic hydroxyl groups excluding tert-OH is 2. The van der Waals surface area contributed by atoms with Gasteiger partial charge in [0.2, 0.25) is 0 Å². The molecule has 1 fully saturated rings. The van der Waals surface area contributed by atoms with Gasteiger partial charge >= 0.3 is 0 Å². The third-order valence-corrected chi connectivity index (χ3v) is 5.06. The first kappa shape index (κ1) is 16.5. The normalized spacial score (nSPS) is 27.5. The van der Waals surface area contributed by atoms with E-state index in [0.717, 1.165) is 25.7 Å². The lowest BCUT2D eigenvalue weighted by molar-refractivity contribution is 0.0277. The van der Waals surface area contributed by atoms with E-state index >= 15 is 0 Å². The van der Waals surface area contributed by atoms with Crippen LogP contribution in [-0.2, 0) is 0 Å². The Labute approximate surface area is 128 Å². The number of benzene rings is 1. The fraction of sp³-hybridized carbons (Fsp3) is 0.667. The second kappa shape index (κ2) is 7.92. The van der Waals surface area contributed by atoms with Crippen LogP contribution in [0.25, 0.3) is 0 Å². The highest BCUT2D eigenvalue weighted by Crippen LogP contribution is 2.41. The van der Waals surface area contributed by atoms with Gasteiger partial charge < -0.3 is 15.5 Å². The molecule has 3 nitrogen and oxygen atoms in total. The van der Waals surface area contributed by atoms with Gasteiger partial charge in [-0.3, -0.25) is 0 Å². The third-order valence-electron chi connectivity index (χ3n) is 5.06. The van der Waals surface area contributed by atoms with Crippen molar-refractivity contribution in [2.75, 3.05) is 13.2 Å². The van der Waals surface area contributed by atoms with Crippen LogP contribution in [0.2, 0.25) is 0 Å². The van der Waals surface area contributed by atoms with Crippen molar-refractivity contribution in [1.29, 1.82) is 0 Å². The van der Waals surface area contributed by atoms with Crippen LogP contribution < -0.4 is 5.32 Å². The van der Waals surface area contributed by atoms with Crippen LogP contribution in [0, 0.1) is 5.41 Å². The van der Waals surface area contributed by atoms with Crippen LogP contribution in [0.3, 0.4) is 0 Å². The van der Waals surface area contributed by atoms with Gasteiger partial charge in [-0.1, -0.05) is 43.2 Å². The summed E-state index contributed by atoms with van der Waals surface area (Å²) in [6, 6.07) is 11.1. The molecule has 2 rings (SSSR count). The van der Waals surface area contributed by atoms with Gasteiger partial charge in [-0.15, -0.1) is 0 Å². The molecular formula is C18H29NO2. The molecule has 1 aromatic carbocycles. The summed E-state index contributed by atoms with van der Waals surface area (Å²) in [6.07, 6.45) is 6.26. The van der Waals surface area contributed by atoms with E-state index in [1.807, 2.05) is 6.07 Å². The first-order valence-electron chi connectivity index (χ1n) is 8.24. The van der Waals surface area contributed by atoms with Crippen LogP contribution in [0.4, 0.5) is 0 Å². The summed E-state index contributed by atoms with van der Waals surface area (Å²) in [7, 11) is 0. The molecule has 0 aliphatic heterocycles. The van der Waals surface area contributed by atoms with Crippen LogP contribution in [0.15, 0.2) is 30.3 Å². The summed E-state index contributed by atoms with van der Waals surface area (Å²) < 4.78 is 0. The Morgan fingerprint density at radius 3 is 2.67 bits per heavy atom. The fourth-order valence-corrected chi connectivity index (χ4v) is 3.70. The minimum absolute atomic E-state index is 0.0655. The Kier molecular flexibility index (Phi) is 6.22. The van der Waals surface area contributed by atoms with Gasteiger partial charge in [0.1, 0.15) is 0 Å². The van der Waals surface area contributed by atoms with Crippen molar-refractivity contribution in [3.05, 3.63) is 35.9 Å². The molecule has 0 spiro atoms. The van der Waals surface area contributed by atoms with Crippen molar-refractivity contribution in [2.24, 2.45) is 5.41 Å². The second-order valence-electron chi connectivity index (χ2n) is 6.45. The maximum absolute atomic E-state index is 10.0. The summed E-state index contributed by atoms with van der Waals surface area (Å²) in [5.41, 5.74) is 1.22. The fourth-order valence-electron chi connectivity index (χ4n) is 3.70. The van der Waals surface area contributed by atoms with E-state index in [4.69, 9.17) is 5.11 Å². The van der Waals surface area contributed by atoms with Crippen molar-refractivity contribution in [2.45, 2.75) is 57.5 Å². The van der Waals surface area contributed by atoms with Crippen LogP contribution in [0.1, 0.15) is 57.1 Å². The molecule has 1 aromatic rings. The molecular weight excluding hydrogens is 262 g/mol. The Morgan fingerprint density at radius 2 is 2.00 bits per heavy atom. The first-order chi connectivity index (χ1) is 10.2. The standard InChI is InChI=1S/C18H29NO2/c1-15(16-8-3-2-4-9-16)19-17-10-5-6-11-18(17,14-21)12-7-13-20/h2-4,8-9,15,17,19-21H,5-7,10-14H2,1H3/t15?,17-,18-/m1/s1. The molecule has 0 radical (unpaired) electrons. The molecule has 0 saturated heterocycles. The molecule has 1 aliphatic carbocycles. The predicted molar refractivity (Wildman–Crippen MR) is 86.1 cm³/mol. The van der Waals surface area contributed by atoms with Crippen LogP contribution in [0.5, 0.6) is 0 Å². The minimum Gasteiger partial charge on any atom is -0.396 e. The SMILES string of the molecule is CC(N[C@@H]1CCCC[C@]1(CO)CCCO)c1ccccc1. The first-order valence-corrected chi connectivity index (χ1v) is 8.24. The lowest BCUT2D eigenvalue weighted by Gasteiger charge is -2.45. The Balaban J connectivity index is 2.07. The molecule has 0 amide bonds. The van der Waals surface area contributed by atoms with Gasteiger partial charge in [-0.2, -0.15) is 0 Å². The van der Waals surface area contributed by atoms with E-state index < -0.39 is 0 Å². The minimum atomic E-state index is -0.0655. The van der Waals surface area contributed by atoms with Crippen molar-refractivity contribution < 1.29 is 10.2 Å². The monoisotopic (exact) mass is 291 g/mol. The molecule has 0 bridgehead atoms. The number of hydrogen-bond acceptors (Lipinski definition) is 3. The summed E-state index contributed by atoms with van der Waals surface area (Å²) in [4.78, 5) is 0. The Morgan fingerprint density at radius 1 is 1.24 bits per heavy atom. The molecule has 0 aromatic heterocycles. The second-order valence-corrected chi connectivity index (χ2v) is 6.45. The van der Waals surface area contributed by atoms with Crippen molar-refractivity contribution in [3.63, 3.8) is 0 Å². The van der Waals surface area contributed by atoms with Gasteiger partial charge in [-0.05, 0) is 38.2 Å². The lowest BCUT2D eigenvalue weighted by atomic mass is 9.68. The number of hydrogen-bond donors (Lipinski definition) is 3. The zero-order valence-corrected chi connectivity index (χ0v) is 13.1. The zero-order valence-electron chi connectivity index (χ0n) is 13.1. The highest BCUT2D eigenvalue weighted by Gasteiger charge is 2.40. The lowest BCUT2D eigenvalue weighted by Crippen LogP contribution is -2.50. The Hall–Kier alpha value is -0.900. The quantitative estimate of drug-likeness (QED) is 0.724. The van der Waals surface area contributed by atoms with E-state index in [0.29, 0.717) is 6.04 Å². The van der Waals surface area contributed by atoms with Crippen molar-refractivity contribution in [3.8, 4) is 0 Å². The predicted octanol–water partition coefficient (Wildman–Crippen LogP) is 3.03. The highest BCUT2D eigenvalue weighted by atomic mass is 16.3. The van der Waals surface area contributed by atoms with Crippen molar-refractivity contribution in [1.82, 2.24) is 5.32 Å². The van der Waals surface area contributed by atoms with E-state index in [-0.39, 0.29) is 24.7 Å². The largest absolute Gasteiger partial charge is 0.396 e. The average molecular weight is 291 g/mol. The van der Waals surface area contributed by atoms with Gasteiger partial charge in [0, 0.05) is 24.1 Å². The molecule has 1 saturated carbocycles. The topological polar surface area (TPSA) is 52.5 Å². The molecule has 3 heteroatoms. The molecule has 3 N–H and O–H groups in total. The van der Waals surface area contributed by atoms with Crippen LogP contribution in [-0.4, -0.2) is 29.5 Å². The van der Waals surface area contributed by atoms with Gasteiger partial charge in [0.25, 0.3) is 0 Å².